The van der Waals surface area contributed by atoms with Crippen LogP contribution in [0.1, 0.15) is 25.7 Å². The van der Waals surface area contributed by atoms with Crippen molar-refractivity contribution < 1.29 is 4.74 Å². The molecule has 0 amide bonds. The third-order valence-electron chi connectivity index (χ3n) is 2.98. The molecule has 0 saturated carbocycles. The molecular formula is C13H20N2O. The van der Waals surface area contributed by atoms with Crippen LogP contribution >= 0.6 is 0 Å². The summed E-state index contributed by atoms with van der Waals surface area (Å²) in [6, 6.07) is 7.85. The van der Waals surface area contributed by atoms with Crippen LogP contribution in [0.25, 0.3) is 0 Å². The van der Waals surface area contributed by atoms with Gasteiger partial charge in [-0.2, -0.15) is 0 Å². The quantitative estimate of drug-likeness (QED) is 0.767. The number of hydrogen-bond donors (Lipinski definition) is 2. The van der Waals surface area contributed by atoms with Gasteiger partial charge >= 0.3 is 0 Å². The lowest BCUT2D eigenvalue weighted by molar-refractivity contribution is 0.0134. The second-order valence-electron chi connectivity index (χ2n) is 4.33. The zero-order valence-electron chi connectivity index (χ0n) is 9.61. The molecule has 1 aliphatic heterocycles. The van der Waals surface area contributed by atoms with Crippen molar-refractivity contribution in [2.45, 2.75) is 31.8 Å². The Labute approximate surface area is 97.0 Å². The molecule has 1 unspecified atom stereocenters. The van der Waals surface area contributed by atoms with Crippen molar-refractivity contribution in [2.75, 3.05) is 24.2 Å². The normalized spacial score (nSPS) is 20.6. The van der Waals surface area contributed by atoms with Gasteiger partial charge in [0.25, 0.3) is 0 Å². The molecule has 1 heterocycles. The third-order valence-corrected chi connectivity index (χ3v) is 2.98. The number of ether oxygens (including phenoxy) is 1. The highest BCUT2D eigenvalue weighted by atomic mass is 16.5. The van der Waals surface area contributed by atoms with Crippen molar-refractivity contribution in [3.05, 3.63) is 24.3 Å². The molecule has 3 N–H and O–H groups in total. The van der Waals surface area contributed by atoms with Crippen LogP contribution in [-0.4, -0.2) is 19.3 Å². The van der Waals surface area contributed by atoms with Gasteiger partial charge in [-0.25, -0.2) is 0 Å². The molecule has 3 nitrogen and oxygen atoms in total. The van der Waals surface area contributed by atoms with Crippen LogP contribution in [0.5, 0.6) is 0 Å². The minimum absolute atomic E-state index is 0.454. The smallest absolute Gasteiger partial charge is 0.0591 e. The van der Waals surface area contributed by atoms with Crippen LogP contribution in [0, 0.1) is 0 Å². The molecule has 0 aliphatic carbocycles. The van der Waals surface area contributed by atoms with Gasteiger partial charge in [0.2, 0.25) is 0 Å². The number of nitrogens with one attached hydrogen (secondary N) is 1. The van der Waals surface area contributed by atoms with Gasteiger partial charge in [-0.15, -0.1) is 0 Å². The molecule has 88 valence electrons. The third kappa shape index (κ3) is 3.42. The second kappa shape index (κ2) is 5.75. The Morgan fingerprint density at radius 2 is 2.06 bits per heavy atom. The van der Waals surface area contributed by atoms with Crippen molar-refractivity contribution in [1.29, 1.82) is 0 Å². The number of rotatable bonds is 4. The van der Waals surface area contributed by atoms with Crippen molar-refractivity contribution >= 4 is 11.4 Å². The van der Waals surface area contributed by atoms with E-state index in [2.05, 4.69) is 5.32 Å². The predicted octanol–water partition coefficient (Wildman–Crippen LogP) is 2.64. The van der Waals surface area contributed by atoms with Crippen LogP contribution in [-0.2, 0) is 4.74 Å². The van der Waals surface area contributed by atoms with E-state index in [9.17, 15) is 0 Å². The van der Waals surface area contributed by atoms with E-state index in [1.54, 1.807) is 0 Å². The highest BCUT2D eigenvalue weighted by Gasteiger charge is 2.12. The summed E-state index contributed by atoms with van der Waals surface area (Å²) in [7, 11) is 0. The lowest BCUT2D eigenvalue weighted by Gasteiger charge is -2.22. The maximum absolute atomic E-state index is 5.67. The van der Waals surface area contributed by atoms with Crippen molar-refractivity contribution in [3.63, 3.8) is 0 Å². The average molecular weight is 220 g/mol. The number of nitrogen functional groups attached to an aromatic ring is 1. The lowest BCUT2D eigenvalue weighted by atomic mass is 10.1. The lowest BCUT2D eigenvalue weighted by Crippen LogP contribution is -2.21. The second-order valence-corrected chi connectivity index (χ2v) is 4.33. The number of anilines is 2. The number of hydrogen-bond acceptors (Lipinski definition) is 3. The molecule has 1 aliphatic rings. The van der Waals surface area contributed by atoms with Crippen LogP contribution in [0.2, 0.25) is 0 Å². The monoisotopic (exact) mass is 220 g/mol. The summed E-state index contributed by atoms with van der Waals surface area (Å²) < 4.78 is 5.67. The number of nitrogens with two attached hydrogens (primary N) is 1. The van der Waals surface area contributed by atoms with Gasteiger partial charge in [0, 0.05) is 24.5 Å². The van der Waals surface area contributed by atoms with Crippen molar-refractivity contribution in [1.82, 2.24) is 0 Å². The Kier molecular flexibility index (Phi) is 4.05. The van der Waals surface area contributed by atoms with Gasteiger partial charge < -0.3 is 15.8 Å². The van der Waals surface area contributed by atoms with E-state index < -0.39 is 0 Å². The summed E-state index contributed by atoms with van der Waals surface area (Å²) in [6.45, 7) is 1.90. The standard InChI is InChI=1S/C13H20N2O/c14-11-4-6-12(7-5-11)15-9-8-13-3-1-2-10-16-13/h4-7,13,15H,1-3,8-10,14H2. The fourth-order valence-corrected chi connectivity index (χ4v) is 2.01. The molecule has 0 bridgehead atoms. The van der Waals surface area contributed by atoms with Crippen LogP contribution < -0.4 is 11.1 Å². The van der Waals surface area contributed by atoms with Gasteiger partial charge in [-0.3, -0.25) is 0 Å². The largest absolute Gasteiger partial charge is 0.399 e. The van der Waals surface area contributed by atoms with Crippen LogP contribution in [0.4, 0.5) is 11.4 Å². The van der Waals surface area contributed by atoms with Crippen LogP contribution in [0.3, 0.4) is 0 Å². The summed E-state index contributed by atoms with van der Waals surface area (Å²) in [5.41, 5.74) is 7.56. The van der Waals surface area contributed by atoms with E-state index in [1.807, 2.05) is 24.3 Å². The van der Waals surface area contributed by atoms with Crippen molar-refractivity contribution in [2.24, 2.45) is 0 Å². The van der Waals surface area contributed by atoms with E-state index in [0.717, 1.165) is 30.9 Å². The zero-order valence-corrected chi connectivity index (χ0v) is 9.61. The van der Waals surface area contributed by atoms with Gasteiger partial charge in [0.15, 0.2) is 0 Å². The summed E-state index contributed by atoms with van der Waals surface area (Å²) in [6.07, 6.45) is 5.29. The molecule has 0 aromatic heterocycles. The average Bonchev–Trinajstić information content (AvgIpc) is 2.33. The minimum Gasteiger partial charge on any atom is -0.399 e. The first-order valence-electron chi connectivity index (χ1n) is 6.05. The van der Waals surface area contributed by atoms with Gasteiger partial charge in [0.1, 0.15) is 0 Å². The summed E-state index contributed by atoms with van der Waals surface area (Å²) in [4.78, 5) is 0. The number of benzene rings is 1. The first-order valence-corrected chi connectivity index (χ1v) is 6.05. The maximum atomic E-state index is 5.67. The molecular weight excluding hydrogens is 200 g/mol. The van der Waals surface area contributed by atoms with E-state index >= 15 is 0 Å². The van der Waals surface area contributed by atoms with E-state index in [-0.39, 0.29) is 0 Å². The first kappa shape index (κ1) is 11.3. The first-order chi connectivity index (χ1) is 7.84. The Balaban J connectivity index is 1.69. The molecule has 2 rings (SSSR count). The molecule has 0 spiro atoms. The fraction of sp³-hybridized carbons (Fsp3) is 0.538. The molecule has 1 aromatic carbocycles. The Hall–Kier alpha value is -1.22. The molecule has 1 saturated heterocycles. The molecule has 16 heavy (non-hydrogen) atoms. The van der Waals surface area contributed by atoms with Gasteiger partial charge in [0.05, 0.1) is 6.10 Å². The highest BCUT2D eigenvalue weighted by molar-refractivity contribution is 5.51. The van der Waals surface area contributed by atoms with Crippen LogP contribution in [0.15, 0.2) is 24.3 Å². The summed E-state index contributed by atoms with van der Waals surface area (Å²) >= 11 is 0. The molecule has 3 heteroatoms. The maximum Gasteiger partial charge on any atom is 0.0591 e. The van der Waals surface area contributed by atoms with E-state index in [4.69, 9.17) is 10.5 Å². The fourth-order valence-electron chi connectivity index (χ4n) is 2.01. The van der Waals surface area contributed by atoms with Crippen molar-refractivity contribution in [3.8, 4) is 0 Å². The van der Waals surface area contributed by atoms with Gasteiger partial charge in [-0.1, -0.05) is 0 Å². The molecule has 1 fully saturated rings. The molecule has 1 atom stereocenters. The van der Waals surface area contributed by atoms with E-state index in [0.29, 0.717) is 6.10 Å². The zero-order chi connectivity index (χ0) is 11.2. The predicted molar refractivity (Wildman–Crippen MR) is 67.6 cm³/mol. The minimum atomic E-state index is 0.454. The Morgan fingerprint density at radius 3 is 2.75 bits per heavy atom. The van der Waals surface area contributed by atoms with Gasteiger partial charge in [-0.05, 0) is 49.9 Å². The SMILES string of the molecule is Nc1ccc(NCCC2CCCCO2)cc1. The summed E-state index contributed by atoms with van der Waals surface area (Å²) in [5.74, 6) is 0. The Morgan fingerprint density at radius 1 is 1.25 bits per heavy atom. The Bertz CT molecular complexity index is 304. The molecule has 0 radical (unpaired) electrons. The summed E-state index contributed by atoms with van der Waals surface area (Å²) in [5, 5.41) is 3.38. The molecule has 1 aromatic rings. The highest BCUT2D eigenvalue weighted by Crippen LogP contribution is 2.16. The topological polar surface area (TPSA) is 47.3 Å². The van der Waals surface area contributed by atoms with E-state index in [1.165, 1.54) is 19.3 Å².